The highest BCUT2D eigenvalue weighted by molar-refractivity contribution is 5.94. The highest BCUT2D eigenvalue weighted by Crippen LogP contribution is 2.42. The number of nitrogens with zero attached hydrogens (tertiary/aromatic N) is 2. The SMILES string of the molecule is O=C(c1cn[nH]c1)N1C[C@@H](O)[C@@]2(C[C@@H](c3cccc(F)c3)CO2)C1. The van der Waals surface area contributed by atoms with E-state index in [0.29, 0.717) is 25.1 Å². The van der Waals surface area contributed by atoms with E-state index >= 15 is 0 Å². The van der Waals surface area contributed by atoms with Gasteiger partial charge in [0.2, 0.25) is 0 Å². The highest BCUT2D eigenvalue weighted by atomic mass is 19.1. The van der Waals surface area contributed by atoms with Crippen LogP contribution in [0.2, 0.25) is 0 Å². The monoisotopic (exact) mass is 331 g/mol. The van der Waals surface area contributed by atoms with Crippen molar-refractivity contribution in [2.75, 3.05) is 19.7 Å². The maximum absolute atomic E-state index is 13.4. The van der Waals surface area contributed by atoms with Gasteiger partial charge in [-0.25, -0.2) is 4.39 Å². The van der Waals surface area contributed by atoms with E-state index in [-0.39, 0.29) is 24.2 Å². The molecule has 6 nitrogen and oxygen atoms in total. The molecule has 2 N–H and O–H groups in total. The van der Waals surface area contributed by atoms with Crippen LogP contribution in [0.1, 0.15) is 28.3 Å². The van der Waals surface area contributed by atoms with Crippen molar-refractivity contribution in [2.24, 2.45) is 0 Å². The van der Waals surface area contributed by atoms with Crippen molar-refractivity contribution in [1.82, 2.24) is 15.1 Å². The molecular weight excluding hydrogens is 313 g/mol. The first kappa shape index (κ1) is 15.3. The number of carbonyl (C=O) groups excluding carboxylic acids is 1. The lowest BCUT2D eigenvalue weighted by molar-refractivity contribution is -0.0591. The number of benzene rings is 1. The normalized spacial score (nSPS) is 29.5. The Labute approximate surface area is 138 Å². The molecule has 1 amide bonds. The third-order valence-electron chi connectivity index (χ3n) is 4.98. The van der Waals surface area contributed by atoms with Crippen LogP contribution in [-0.2, 0) is 4.74 Å². The number of aromatic amines is 1. The molecule has 2 aromatic rings. The first-order chi connectivity index (χ1) is 11.6. The summed E-state index contributed by atoms with van der Waals surface area (Å²) < 4.78 is 19.4. The van der Waals surface area contributed by atoms with Gasteiger partial charge < -0.3 is 14.7 Å². The summed E-state index contributed by atoms with van der Waals surface area (Å²) in [6.07, 6.45) is 2.80. The van der Waals surface area contributed by atoms with Crippen LogP contribution in [0.15, 0.2) is 36.7 Å². The van der Waals surface area contributed by atoms with Gasteiger partial charge in [-0.2, -0.15) is 5.10 Å². The van der Waals surface area contributed by atoms with Gasteiger partial charge in [-0.05, 0) is 24.1 Å². The summed E-state index contributed by atoms with van der Waals surface area (Å²) >= 11 is 0. The van der Waals surface area contributed by atoms with Crippen LogP contribution in [-0.4, -0.2) is 57.5 Å². The van der Waals surface area contributed by atoms with Gasteiger partial charge in [-0.15, -0.1) is 0 Å². The van der Waals surface area contributed by atoms with Gasteiger partial charge in [0, 0.05) is 18.7 Å². The van der Waals surface area contributed by atoms with Crippen LogP contribution in [0.5, 0.6) is 0 Å². The number of ether oxygens (including phenoxy) is 1. The lowest BCUT2D eigenvalue weighted by Crippen LogP contribution is -2.41. The van der Waals surface area contributed by atoms with Crippen LogP contribution < -0.4 is 0 Å². The Kier molecular flexibility index (Phi) is 3.62. The quantitative estimate of drug-likeness (QED) is 0.870. The fourth-order valence-corrected chi connectivity index (χ4v) is 3.69. The second-order valence-corrected chi connectivity index (χ2v) is 6.52. The summed E-state index contributed by atoms with van der Waals surface area (Å²) in [4.78, 5) is 14.0. The number of hydrogen-bond acceptors (Lipinski definition) is 4. The Morgan fingerprint density at radius 3 is 3.12 bits per heavy atom. The number of aliphatic hydroxyl groups excluding tert-OH is 1. The van der Waals surface area contributed by atoms with E-state index in [0.717, 1.165) is 5.56 Å². The molecule has 3 heterocycles. The number of rotatable bonds is 2. The molecule has 24 heavy (non-hydrogen) atoms. The van der Waals surface area contributed by atoms with Gasteiger partial charge in [-0.3, -0.25) is 9.89 Å². The van der Waals surface area contributed by atoms with E-state index in [1.54, 1.807) is 11.0 Å². The average molecular weight is 331 g/mol. The van der Waals surface area contributed by atoms with Crippen LogP contribution >= 0.6 is 0 Å². The number of amides is 1. The first-order valence-corrected chi connectivity index (χ1v) is 7.93. The van der Waals surface area contributed by atoms with E-state index in [9.17, 15) is 14.3 Å². The molecule has 1 aromatic heterocycles. The van der Waals surface area contributed by atoms with Crippen molar-refractivity contribution in [3.8, 4) is 0 Å². The van der Waals surface area contributed by atoms with E-state index < -0.39 is 11.7 Å². The molecule has 0 aliphatic carbocycles. The minimum Gasteiger partial charge on any atom is -0.388 e. The summed E-state index contributed by atoms with van der Waals surface area (Å²) in [6.45, 7) is 0.956. The molecule has 4 rings (SSSR count). The molecule has 0 unspecified atom stereocenters. The zero-order valence-electron chi connectivity index (χ0n) is 13.0. The van der Waals surface area contributed by atoms with Crippen molar-refractivity contribution in [1.29, 1.82) is 0 Å². The van der Waals surface area contributed by atoms with Crippen molar-refractivity contribution < 1.29 is 19.0 Å². The predicted octanol–water partition coefficient (Wildman–Crippen LogP) is 1.31. The summed E-state index contributed by atoms with van der Waals surface area (Å²) in [7, 11) is 0. The number of carbonyl (C=O) groups is 1. The maximum atomic E-state index is 13.4. The minimum atomic E-state index is -0.781. The standard InChI is InChI=1S/C17H18FN3O3/c18-14-3-1-2-11(4-14)12-5-17(24-9-12)10-21(8-15(17)22)16(23)13-6-19-20-7-13/h1-4,6-7,12,15,22H,5,8-10H2,(H,19,20)/t12-,15-,17-/m1/s1. The summed E-state index contributed by atoms with van der Waals surface area (Å²) in [5.41, 5.74) is 0.536. The zero-order chi connectivity index (χ0) is 16.7. The van der Waals surface area contributed by atoms with Crippen molar-refractivity contribution in [2.45, 2.75) is 24.0 Å². The number of β-amino-alcohol motifs (C(OH)–C–C–N with tert-alkyl or cyclic N) is 1. The molecule has 2 fully saturated rings. The first-order valence-electron chi connectivity index (χ1n) is 7.93. The number of likely N-dealkylation sites (tertiary alicyclic amines) is 1. The number of halogens is 1. The van der Waals surface area contributed by atoms with E-state index in [2.05, 4.69) is 10.2 Å². The lowest BCUT2D eigenvalue weighted by atomic mass is 9.87. The fraction of sp³-hybridized carbons (Fsp3) is 0.412. The van der Waals surface area contributed by atoms with Gasteiger partial charge in [-0.1, -0.05) is 12.1 Å². The average Bonchev–Trinajstić information content (AvgIpc) is 3.30. The third kappa shape index (κ3) is 2.50. The molecule has 2 aliphatic heterocycles. The van der Waals surface area contributed by atoms with Crippen LogP contribution in [0.25, 0.3) is 0 Å². The molecule has 2 saturated heterocycles. The molecule has 2 aliphatic rings. The molecule has 1 aromatic carbocycles. The van der Waals surface area contributed by atoms with Gasteiger partial charge in [0.1, 0.15) is 17.5 Å². The van der Waals surface area contributed by atoms with E-state index in [1.165, 1.54) is 24.5 Å². The highest BCUT2D eigenvalue weighted by Gasteiger charge is 2.53. The second kappa shape index (κ2) is 5.68. The largest absolute Gasteiger partial charge is 0.388 e. The second-order valence-electron chi connectivity index (χ2n) is 6.52. The van der Waals surface area contributed by atoms with Gasteiger partial charge in [0.25, 0.3) is 5.91 Å². The smallest absolute Gasteiger partial charge is 0.257 e. The van der Waals surface area contributed by atoms with Crippen LogP contribution in [0.3, 0.4) is 0 Å². The molecule has 1 spiro atoms. The third-order valence-corrected chi connectivity index (χ3v) is 4.98. The summed E-state index contributed by atoms with van der Waals surface area (Å²) in [5, 5.41) is 16.9. The molecule has 7 heteroatoms. The Balaban J connectivity index is 1.51. The lowest BCUT2D eigenvalue weighted by Gasteiger charge is -2.25. The van der Waals surface area contributed by atoms with E-state index in [4.69, 9.17) is 4.74 Å². The molecular formula is C17H18FN3O3. The van der Waals surface area contributed by atoms with Gasteiger partial charge >= 0.3 is 0 Å². The molecule has 0 saturated carbocycles. The van der Waals surface area contributed by atoms with Crippen molar-refractivity contribution in [3.63, 3.8) is 0 Å². The van der Waals surface area contributed by atoms with Crippen LogP contribution in [0.4, 0.5) is 4.39 Å². The van der Waals surface area contributed by atoms with Crippen LogP contribution in [0, 0.1) is 5.82 Å². The predicted molar refractivity (Wildman–Crippen MR) is 82.9 cm³/mol. The van der Waals surface area contributed by atoms with E-state index in [1.807, 2.05) is 6.07 Å². The Bertz CT molecular complexity index is 751. The number of aliphatic hydroxyl groups is 1. The fourth-order valence-electron chi connectivity index (χ4n) is 3.69. The molecule has 126 valence electrons. The Morgan fingerprint density at radius 1 is 1.50 bits per heavy atom. The Morgan fingerprint density at radius 2 is 2.38 bits per heavy atom. The van der Waals surface area contributed by atoms with Gasteiger partial charge in [0.15, 0.2) is 0 Å². The summed E-state index contributed by atoms with van der Waals surface area (Å²) in [6, 6.07) is 6.45. The van der Waals surface area contributed by atoms with Crippen molar-refractivity contribution in [3.05, 3.63) is 53.6 Å². The summed E-state index contributed by atoms with van der Waals surface area (Å²) in [5.74, 6) is -0.450. The maximum Gasteiger partial charge on any atom is 0.257 e. The topological polar surface area (TPSA) is 78.5 Å². The molecule has 0 bridgehead atoms. The molecule has 3 atom stereocenters. The van der Waals surface area contributed by atoms with Crippen molar-refractivity contribution >= 4 is 5.91 Å². The molecule has 0 radical (unpaired) electrons. The number of nitrogens with one attached hydrogen (secondary N) is 1. The number of aromatic nitrogens is 2. The number of H-pyrrole nitrogens is 1. The zero-order valence-corrected chi connectivity index (χ0v) is 13.0. The Hall–Kier alpha value is -2.25. The van der Waals surface area contributed by atoms with Gasteiger partial charge in [0.05, 0.1) is 24.9 Å². The number of hydrogen-bond donors (Lipinski definition) is 2. The minimum absolute atomic E-state index is 0.0133.